The second-order valence-electron chi connectivity index (χ2n) is 5.52. The largest absolute Gasteiger partial charge is 0.378 e. The minimum absolute atomic E-state index is 0.407. The first-order chi connectivity index (χ1) is 11.8. The second-order valence-corrected chi connectivity index (χ2v) is 6.61. The summed E-state index contributed by atoms with van der Waals surface area (Å²) in [7, 11) is 0. The number of thiophene rings is 1. The highest BCUT2D eigenvalue weighted by molar-refractivity contribution is 7.17. The van der Waals surface area contributed by atoms with Crippen molar-refractivity contribution < 1.29 is 14.4 Å². The number of morpholine rings is 1. The van der Waals surface area contributed by atoms with Gasteiger partial charge in [-0.25, -0.2) is 4.79 Å². The average molecular weight is 340 g/mol. The molecule has 1 aromatic heterocycles. The maximum Gasteiger partial charge on any atom is 0.368 e. The predicted octanol–water partition coefficient (Wildman–Crippen LogP) is 2.93. The normalized spacial score (nSPS) is 19.5. The Kier molecular flexibility index (Phi) is 4.15. The van der Waals surface area contributed by atoms with E-state index < -0.39 is 5.97 Å². The molecule has 0 unspecified atom stereocenters. The SMILES string of the molecule is O=C1ON=C(c2ccccc2)C1=Cc1ccc(N2CCOCC2)s1. The number of anilines is 1. The molecular weight excluding hydrogens is 324 g/mol. The van der Waals surface area contributed by atoms with Crippen LogP contribution in [0.5, 0.6) is 0 Å². The lowest BCUT2D eigenvalue weighted by atomic mass is 10.0. The van der Waals surface area contributed by atoms with Crippen LogP contribution in [0.15, 0.2) is 53.2 Å². The monoisotopic (exact) mass is 340 g/mol. The molecule has 122 valence electrons. The highest BCUT2D eigenvalue weighted by atomic mass is 32.1. The van der Waals surface area contributed by atoms with E-state index in [4.69, 9.17) is 9.57 Å². The molecular formula is C18H16N2O3S. The van der Waals surface area contributed by atoms with Gasteiger partial charge in [-0.15, -0.1) is 11.3 Å². The summed E-state index contributed by atoms with van der Waals surface area (Å²) in [6, 6.07) is 13.7. The van der Waals surface area contributed by atoms with Gasteiger partial charge in [0.25, 0.3) is 0 Å². The van der Waals surface area contributed by atoms with Gasteiger partial charge in [0.1, 0.15) is 5.71 Å². The molecule has 2 aliphatic heterocycles. The molecule has 0 amide bonds. The van der Waals surface area contributed by atoms with Crippen molar-refractivity contribution in [2.75, 3.05) is 31.2 Å². The summed E-state index contributed by atoms with van der Waals surface area (Å²) in [6.45, 7) is 3.31. The van der Waals surface area contributed by atoms with Crippen molar-refractivity contribution in [2.45, 2.75) is 0 Å². The van der Waals surface area contributed by atoms with Gasteiger partial charge in [-0.2, -0.15) is 0 Å². The molecule has 5 nitrogen and oxygen atoms in total. The number of benzene rings is 1. The predicted molar refractivity (Wildman–Crippen MR) is 94.4 cm³/mol. The van der Waals surface area contributed by atoms with Crippen LogP contribution in [-0.4, -0.2) is 38.0 Å². The summed E-state index contributed by atoms with van der Waals surface area (Å²) in [5, 5.41) is 5.13. The van der Waals surface area contributed by atoms with E-state index in [0.29, 0.717) is 11.3 Å². The molecule has 0 bridgehead atoms. The number of hydrogen-bond acceptors (Lipinski definition) is 6. The smallest absolute Gasteiger partial charge is 0.368 e. The van der Waals surface area contributed by atoms with Crippen LogP contribution in [-0.2, 0) is 14.4 Å². The Labute approximate surface area is 143 Å². The molecule has 0 aliphatic carbocycles. The van der Waals surface area contributed by atoms with Gasteiger partial charge in [-0.05, 0) is 18.2 Å². The van der Waals surface area contributed by atoms with Crippen LogP contribution >= 0.6 is 11.3 Å². The fourth-order valence-electron chi connectivity index (χ4n) is 2.73. The lowest BCUT2D eigenvalue weighted by Crippen LogP contribution is -2.35. The van der Waals surface area contributed by atoms with Crippen molar-refractivity contribution in [2.24, 2.45) is 5.16 Å². The van der Waals surface area contributed by atoms with E-state index in [9.17, 15) is 4.79 Å². The molecule has 1 aromatic carbocycles. The molecule has 0 saturated carbocycles. The van der Waals surface area contributed by atoms with Gasteiger partial charge in [0.15, 0.2) is 0 Å². The molecule has 0 N–H and O–H groups in total. The minimum Gasteiger partial charge on any atom is -0.378 e. The summed E-state index contributed by atoms with van der Waals surface area (Å²) in [5.74, 6) is -0.407. The highest BCUT2D eigenvalue weighted by Gasteiger charge is 2.27. The number of rotatable bonds is 3. The van der Waals surface area contributed by atoms with Crippen LogP contribution in [0.3, 0.4) is 0 Å². The standard InChI is InChI=1S/C18H16N2O3S/c21-18-15(17(19-23-18)13-4-2-1-3-5-13)12-14-6-7-16(24-14)20-8-10-22-11-9-20/h1-7,12H,8-11H2. The topological polar surface area (TPSA) is 51.1 Å². The van der Waals surface area contributed by atoms with Gasteiger partial charge in [0.2, 0.25) is 0 Å². The zero-order valence-corrected chi connectivity index (χ0v) is 13.8. The van der Waals surface area contributed by atoms with Gasteiger partial charge in [-0.1, -0.05) is 35.5 Å². The van der Waals surface area contributed by atoms with Crippen LogP contribution < -0.4 is 4.90 Å². The van der Waals surface area contributed by atoms with E-state index in [1.165, 1.54) is 5.00 Å². The number of hydrogen-bond donors (Lipinski definition) is 0. The molecule has 0 radical (unpaired) electrons. The van der Waals surface area contributed by atoms with Crippen LogP contribution in [0.1, 0.15) is 10.4 Å². The van der Waals surface area contributed by atoms with E-state index in [1.54, 1.807) is 11.3 Å². The first-order valence-corrected chi connectivity index (χ1v) is 8.62. The number of nitrogens with zero attached hydrogens (tertiary/aromatic N) is 2. The van der Waals surface area contributed by atoms with E-state index >= 15 is 0 Å². The fraction of sp³-hybridized carbons (Fsp3) is 0.222. The first kappa shape index (κ1) is 15.1. The van der Waals surface area contributed by atoms with Crippen molar-refractivity contribution in [3.05, 3.63) is 58.5 Å². The Morgan fingerprint density at radius 3 is 2.67 bits per heavy atom. The highest BCUT2D eigenvalue weighted by Crippen LogP contribution is 2.30. The van der Waals surface area contributed by atoms with Crippen LogP contribution in [0.2, 0.25) is 0 Å². The summed E-state index contributed by atoms with van der Waals surface area (Å²) in [5.41, 5.74) is 1.96. The number of carbonyl (C=O) groups excluding carboxylic acids is 1. The van der Waals surface area contributed by atoms with Gasteiger partial charge >= 0.3 is 5.97 Å². The molecule has 2 aromatic rings. The summed E-state index contributed by atoms with van der Waals surface area (Å²) >= 11 is 1.66. The lowest BCUT2D eigenvalue weighted by molar-refractivity contribution is -0.136. The summed E-state index contributed by atoms with van der Waals surface area (Å²) in [6.07, 6.45) is 1.86. The minimum atomic E-state index is -0.407. The third-order valence-electron chi connectivity index (χ3n) is 3.96. The Hall–Kier alpha value is -2.44. The maximum absolute atomic E-state index is 12.0. The molecule has 3 heterocycles. The van der Waals surface area contributed by atoms with Gasteiger partial charge in [0, 0.05) is 23.5 Å². The molecule has 1 fully saturated rings. The lowest BCUT2D eigenvalue weighted by Gasteiger charge is -2.27. The van der Waals surface area contributed by atoms with Crippen LogP contribution in [0.25, 0.3) is 6.08 Å². The molecule has 0 atom stereocenters. The third-order valence-corrected chi connectivity index (χ3v) is 5.06. The van der Waals surface area contributed by atoms with Crippen LogP contribution in [0, 0.1) is 0 Å². The zero-order valence-electron chi connectivity index (χ0n) is 13.0. The van der Waals surface area contributed by atoms with Crippen molar-refractivity contribution >= 4 is 34.1 Å². The van der Waals surface area contributed by atoms with Crippen molar-refractivity contribution in [3.63, 3.8) is 0 Å². The van der Waals surface area contributed by atoms with E-state index in [0.717, 1.165) is 36.7 Å². The van der Waals surface area contributed by atoms with Gasteiger partial charge in [-0.3, -0.25) is 0 Å². The van der Waals surface area contributed by atoms with Crippen LogP contribution in [0.4, 0.5) is 5.00 Å². The van der Waals surface area contributed by atoms with Crippen molar-refractivity contribution in [1.82, 2.24) is 0 Å². The Morgan fingerprint density at radius 2 is 1.88 bits per heavy atom. The Balaban J connectivity index is 1.61. The van der Waals surface area contributed by atoms with E-state index in [-0.39, 0.29) is 0 Å². The zero-order chi connectivity index (χ0) is 16.4. The Bertz CT molecular complexity index is 805. The molecule has 4 rings (SSSR count). The number of carbonyl (C=O) groups is 1. The number of oxime groups is 1. The van der Waals surface area contributed by atoms with Gasteiger partial charge < -0.3 is 14.5 Å². The van der Waals surface area contributed by atoms with E-state index in [2.05, 4.69) is 16.1 Å². The summed E-state index contributed by atoms with van der Waals surface area (Å²) in [4.78, 5) is 20.2. The quantitative estimate of drug-likeness (QED) is 0.637. The second kappa shape index (κ2) is 6.59. The third kappa shape index (κ3) is 2.98. The van der Waals surface area contributed by atoms with Gasteiger partial charge in [0.05, 0.1) is 23.8 Å². The molecule has 0 spiro atoms. The molecule has 1 saturated heterocycles. The molecule has 24 heavy (non-hydrogen) atoms. The maximum atomic E-state index is 12.0. The van der Waals surface area contributed by atoms with Crippen molar-refractivity contribution in [3.8, 4) is 0 Å². The first-order valence-electron chi connectivity index (χ1n) is 7.80. The number of ether oxygens (including phenoxy) is 1. The van der Waals surface area contributed by atoms with E-state index in [1.807, 2.05) is 42.5 Å². The Morgan fingerprint density at radius 1 is 1.08 bits per heavy atom. The average Bonchev–Trinajstić information content (AvgIpc) is 3.25. The fourth-order valence-corrected chi connectivity index (χ4v) is 3.73. The molecule has 6 heteroatoms. The molecule has 2 aliphatic rings. The summed E-state index contributed by atoms with van der Waals surface area (Å²) < 4.78 is 5.39. The van der Waals surface area contributed by atoms with Crippen molar-refractivity contribution in [1.29, 1.82) is 0 Å².